The summed E-state index contributed by atoms with van der Waals surface area (Å²) >= 11 is 6.11. The van der Waals surface area contributed by atoms with E-state index < -0.39 is 0 Å². The predicted molar refractivity (Wildman–Crippen MR) is 133 cm³/mol. The van der Waals surface area contributed by atoms with E-state index in [1.54, 1.807) is 0 Å². The minimum absolute atomic E-state index is 0.391. The molecule has 0 unspecified atom stereocenters. The van der Waals surface area contributed by atoms with Crippen molar-refractivity contribution in [3.05, 3.63) is 76.6 Å². The molecule has 5 rings (SSSR count). The normalized spacial score (nSPS) is 16.7. The SMILES string of the molecule is Cc1ccc(N2CCN(c3cc(C)nc4c(-c5ccc(Cl)cc5)c(C)nn34)C[C@@H]2C)cc1. The third kappa shape index (κ3) is 3.71. The van der Waals surface area contributed by atoms with E-state index >= 15 is 0 Å². The molecule has 4 aromatic rings. The lowest BCUT2D eigenvalue weighted by atomic mass is 10.1. The first-order chi connectivity index (χ1) is 15.4. The van der Waals surface area contributed by atoms with Gasteiger partial charge < -0.3 is 9.80 Å². The molecule has 164 valence electrons. The van der Waals surface area contributed by atoms with Crippen molar-refractivity contribution in [3.63, 3.8) is 0 Å². The molecule has 2 aromatic carbocycles. The lowest BCUT2D eigenvalue weighted by molar-refractivity contribution is 0.543. The topological polar surface area (TPSA) is 36.7 Å². The van der Waals surface area contributed by atoms with Gasteiger partial charge in [0.15, 0.2) is 5.65 Å². The molecule has 1 atom stereocenters. The molecule has 0 saturated carbocycles. The Morgan fingerprint density at radius 2 is 1.66 bits per heavy atom. The van der Waals surface area contributed by atoms with E-state index in [0.29, 0.717) is 6.04 Å². The molecule has 0 aliphatic carbocycles. The second kappa shape index (κ2) is 8.14. The molecule has 3 heterocycles. The van der Waals surface area contributed by atoms with Crippen LogP contribution in [0.1, 0.15) is 23.9 Å². The van der Waals surface area contributed by atoms with E-state index in [-0.39, 0.29) is 0 Å². The fourth-order valence-corrected chi connectivity index (χ4v) is 4.82. The van der Waals surface area contributed by atoms with Crippen LogP contribution in [0.3, 0.4) is 0 Å². The van der Waals surface area contributed by atoms with Gasteiger partial charge in [-0.2, -0.15) is 9.61 Å². The van der Waals surface area contributed by atoms with Crippen molar-refractivity contribution in [2.24, 2.45) is 0 Å². The number of rotatable bonds is 3. The first-order valence-corrected chi connectivity index (χ1v) is 11.5. The van der Waals surface area contributed by atoms with Gasteiger partial charge in [0.05, 0.1) is 5.69 Å². The van der Waals surface area contributed by atoms with Crippen molar-refractivity contribution in [1.29, 1.82) is 0 Å². The van der Waals surface area contributed by atoms with Gasteiger partial charge >= 0.3 is 0 Å². The van der Waals surface area contributed by atoms with Crippen molar-refractivity contribution < 1.29 is 0 Å². The van der Waals surface area contributed by atoms with Crippen LogP contribution >= 0.6 is 11.6 Å². The van der Waals surface area contributed by atoms with Gasteiger partial charge in [-0.25, -0.2) is 4.98 Å². The number of hydrogen-bond acceptors (Lipinski definition) is 4. The van der Waals surface area contributed by atoms with Crippen molar-refractivity contribution in [3.8, 4) is 11.1 Å². The molecule has 1 saturated heterocycles. The van der Waals surface area contributed by atoms with E-state index in [4.69, 9.17) is 21.7 Å². The second-order valence-electron chi connectivity index (χ2n) is 8.78. The van der Waals surface area contributed by atoms with Crippen molar-refractivity contribution in [1.82, 2.24) is 14.6 Å². The molecule has 0 N–H and O–H groups in total. The number of fused-ring (bicyclic) bond motifs is 1. The number of piperazine rings is 1. The molecule has 1 aliphatic heterocycles. The van der Waals surface area contributed by atoms with E-state index in [2.05, 4.69) is 67.8 Å². The summed E-state index contributed by atoms with van der Waals surface area (Å²) in [5.74, 6) is 1.10. The van der Waals surface area contributed by atoms with Crippen LogP contribution in [0, 0.1) is 20.8 Å². The largest absolute Gasteiger partial charge is 0.365 e. The lowest BCUT2D eigenvalue weighted by Gasteiger charge is -2.42. The van der Waals surface area contributed by atoms with Crippen LogP contribution in [-0.4, -0.2) is 40.3 Å². The van der Waals surface area contributed by atoms with E-state index in [9.17, 15) is 0 Å². The van der Waals surface area contributed by atoms with Crippen LogP contribution < -0.4 is 9.80 Å². The predicted octanol–water partition coefficient (Wildman–Crippen LogP) is 5.69. The molecule has 0 amide bonds. The highest BCUT2D eigenvalue weighted by atomic mass is 35.5. The van der Waals surface area contributed by atoms with Gasteiger partial charge in [0.2, 0.25) is 0 Å². The molecule has 0 spiro atoms. The molecule has 6 heteroatoms. The summed E-state index contributed by atoms with van der Waals surface area (Å²) in [6, 6.07) is 19.3. The fraction of sp³-hybridized carbons (Fsp3) is 0.308. The molecule has 0 bridgehead atoms. The third-order valence-corrected chi connectivity index (χ3v) is 6.58. The summed E-state index contributed by atoms with van der Waals surface area (Å²) in [6.07, 6.45) is 0. The number of hydrogen-bond donors (Lipinski definition) is 0. The summed E-state index contributed by atoms with van der Waals surface area (Å²) < 4.78 is 2.01. The summed E-state index contributed by atoms with van der Waals surface area (Å²) in [6.45, 7) is 11.4. The first-order valence-electron chi connectivity index (χ1n) is 11.1. The molecule has 0 radical (unpaired) electrons. The van der Waals surface area contributed by atoms with Crippen LogP contribution in [0.25, 0.3) is 16.8 Å². The Kier molecular flexibility index (Phi) is 5.30. The van der Waals surface area contributed by atoms with Crippen LogP contribution in [-0.2, 0) is 0 Å². The quantitative estimate of drug-likeness (QED) is 0.406. The highest BCUT2D eigenvalue weighted by Crippen LogP contribution is 2.32. The Morgan fingerprint density at radius 3 is 2.34 bits per heavy atom. The average Bonchev–Trinajstić information content (AvgIpc) is 3.10. The molecule has 1 fully saturated rings. The molecule has 5 nitrogen and oxygen atoms in total. The molecular weight excluding hydrogens is 418 g/mol. The Bertz CT molecular complexity index is 1260. The lowest BCUT2D eigenvalue weighted by Crippen LogP contribution is -2.52. The van der Waals surface area contributed by atoms with Gasteiger partial charge in [-0.1, -0.05) is 41.4 Å². The Morgan fingerprint density at radius 1 is 0.938 bits per heavy atom. The zero-order valence-corrected chi connectivity index (χ0v) is 19.8. The first kappa shape index (κ1) is 20.8. The Balaban J connectivity index is 1.50. The van der Waals surface area contributed by atoms with Gasteiger partial charge in [-0.05, 0) is 57.5 Å². The maximum Gasteiger partial charge on any atom is 0.165 e. The van der Waals surface area contributed by atoms with Gasteiger partial charge in [-0.3, -0.25) is 0 Å². The zero-order valence-electron chi connectivity index (χ0n) is 19.0. The van der Waals surface area contributed by atoms with Gasteiger partial charge in [0.1, 0.15) is 5.82 Å². The number of nitrogens with zero attached hydrogens (tertiary/aromatic N) is 5. The van der Waals surface area contributed by atoms with Gasteiger partial charge in [-0.15, -0.1) is 0 Å². The Hall–Kier alpha value is -3.05. The fourth-order valence-electron chi connectivity index (χ4n) is 4.69. The van der Waals surface area contributed by atoms with Gasteiger partial charge in [0, 0.05) is 53.7 Å². The monoisotopic (exact) mass is 445 g/mol. The summed E-state index contributed by atoms with van der Waals surface area (Å²) in [7, 11) is 0. The number of anilines is 2. The van der Waals surface area contributed by atoms with Crippen molar-refractivity contribution in [2.75, 3.05) is 29.4 Å². The number of aromatic nitrogens is 3. The Labute approximate surface area is 194 Å². The van der Waals surface area contributed by atoms with Crippen molar-refractivity contribution >= 4 is 28.8 Å². The standard InChI is InChI=1S/C26H28ClN5/c1-17-5-11-23(12-6-17)31-14-13-30(16-19(31)3)24-15-18(2)28-26-25(20(4)29-32(24)26)21-7-9-22(27)10-8-21/h5-12,15,19H,13-14,16H2,1-4H3/t19-/m0/s1. The molecular formula is C26H28ClN5. The summed E-state index contributed by atoms with van der Waals surface area (Å²) in [5, 5.41) is 5.64. The van der Waals surface area contributed by atoms with Crippen LogP contribution in [0.2, 0.25) is 5.02 Å². The van der Waals surface area contributed by atoms with Crippen LogP contribution in [0.15, 0.2) is 54.6 Å². The summed E-state index contributed by atoms with van der Waals surface area (Å²) in [4.78, 5) is 9.81. The molecule has 2 aromatic heterocycles. The van der Waals surface area contributed by atoms with Gasteiger partial charge in [0.25, 0.3) is 0 Å². The smallest absolute Gasteiger partial charge is 0.165 e. The third-order valence-electron chi connectivity index (χ3n) is 6.32. The molecule has 1 aliphatic rings. The van der Waals surface area contributed by atoms with E-state index in [1.807, 2.05) is 28.8 Å². The van der Waals surface area contributed by atoms with E-state index in [0.717, 1.165) is 58.6 Å². The van der Waals surface area contributed by atoms with E-state index in [1.165, 1.54) is 11.3 Å². The number of halogens is 1. The highest BCUT2D eigenvalue weighted by Gasteiger charge is 2.27. The number of benzene rings is 2. The minimum Gasteiger partial charge on any atom is -0.365 e. The maximum atomic E-state index is 6.11. The summed E-state index contributed by atoms with van der Waals surface area (Å²) in [5.41, 5.74) is 7.60. The average molecular weight is 446 g/mol. The highest BCUT2D eigenvalue weighted by molar-refractivity contribution is 6.30. The second-order valence-corrected chi connectivity index (χ2v) is 9.22. The maximum absolute atomic E-state index is 6.11. The van der Waals surface area contributed by atoms with Crippen molar-refractivity contribution in [2.45, 2.75) is 33.7 Å². The minimum atomic E-state index is 0.391. The van der Waals surface area contributed by atoms with Crippen LogP contribution in [0.4, 0.5) is 11.5 Å². The zero-order chi connectivity index (χ0) is 22.4. The molecule has 32 heavy (non-hydrogen) atoms. The number of aryl methyl sites for hydroxylation is 3. The van der Waals surface area contributed by atoms with Crippen LogP contribution in [0.5, 0.6) is 0 Å².